The van der Waals surface area contributed by atoms with E-state index in [4.69, 9.17) is 11.6 Å². The van der Waals surface area contributed by atoms with Crippen molar-refractivity contribution in [3.05, 3.63) is 57.8 Å². The van der Waals surface area contributed by atoms with Gasteiger partial charge in [0.2, 0.25) is 0 Å². The Morgan fingerprint density at radius 1 is 1.21 bits per heavy atom. The summed E-state index contributed by atoms with van der Waals surface area (Å²) in [6.45, 7) is 0. The summed E-state index contributed by atoms with van der Waals surface area (Å²) in [5.41, 5.74) is 2.46. The molecule has 0 unspecified atom stereocenters. The van der Waals surface area contributed by atoms with E-state index in [0.29, 0.717) is 17.1 Å². The highest BCUT2D eigenvalue weighted by molar-refractivity contribution is 9.10. The van der Waals surface area contributed by atoms with Crippen LogP contribution >= 0.6 is 27.5 Å². The average molecular weight is 338 g/mol. The molecule has 1 fully saturated rings. The highest BCUT2D eigenvalue weighted by Crippen LogP contribution is 2.39. The van der Waals surface area contributed by atoms with Gasteiger partial charge in [0.05, 0.1) is 11.9 Å². The number of rotatable bonds is 3. The standard InChI is InChI=1S/C15H14BrClN2/c16-12-3-1-2-10(6-12)11-7-14(8-11)19-13-4-5-15(17)18-9-13/h1-6,9,11,14,19H,7-8H2. The SMILES string of the molecule is Clc1ccc(NC2CC(c3cccc(Br)c3)C2)cn1. The van der Waals surface area contributed by atoms with Crippen LogP contribution in [0.2, 0.25) is 5.15 Å². The first kappa shape index (κ1) is 12.9. The Bertz CT molecular complexity index is 565. The van der Waals surface area contributed by atoms with Gasteiger partial charge in [-0.2, -0.15) is 0 Å². The quantitative estimate of drug-likeness (QED) is 0.809. The summed E-state index contributed by atoms with van der Waals surface area (Å²) in [6.07, 6.45) is 4.12. The molecule has 1 saturated carbocycles. The fourth-order valence-corrected chi connectivity index (χ4v) is 2.99. The second kappa shape index (κ2) is 5.51. The number of nitrogens with one attached hydrogen (secondary N) is 1. The topological polar surface area (TPSA) is 24.9 Å². The maximum Gasteiger partial charge on any atom is 0.129 e. The first-order valence-corrected chi connectivity index (χ1v) is 7.51. The summed E-state index contributed by atoms with van der Waals surface area (Å²) in [4.78, 5) is 4.08. The van der Waals surface area contributed by atoms with Gasteiger partial charge in [-0.05, 0) is 48.6 Å². The number of benzene rings is 1. The van der Waals surface area contributed by atoms with E-state index in [0.717, 1.165) is 10.2 Å². The zero-order valence-corrected chi connectivity index (χ0v) is 12.7. The van der Waals surface area contributed by atoms with Crippen molar-refractivity contribution >= 4 is 33.2 Å². The number of halogens is 2. The number of hydrogen-bond donors (Lipinski definition) is 1. The summed E-state index contributed by atoms with van der Waals surface area (Å²) in [5, 5.41) is 4.02. The molecule has 1 aromatic carbocycles. The number of nitrogens with zero attached hydrogens (tertiary/aromatic N) is 1. The van der Waals surface area contributed by atoms with E-state index in [2.05, 4.69) is 50.5 Å². The lowest BCUT2D eigenvalue weighted by molar-refractivity contribution is 0.374. The van der Waals surface area contributed by atoms with E-state index in [1.165, 1.54) is 18.4 Å². The highest BCUT2D eigenvalue weighted by Gasteiger charge is 2.30. The van der Waals surface area contributed by atoms with Crippen molar-refractivity contribution in [2.75, 3.05) is 5.32 Å². The molecule has 3 rings (SSSR count). The van der Waals surface area contributed by atoms with Gasteiger partial charge in [-0.3, -0.25) is 0 Å². The maximum absolute atomic E-state index is 5.77. The Labute approximate surface area is 126 Å². The van der Waals surface area contributed by atoms with E-state index in [9.17, 15) is 0 Å². The molecule has 1 aliphatic rings. The molecule has 98 valence electrons. The third-order valence-electron chi connectivity index (χ3n) is 3.56. The van der Waals surface area contributed by atoms with E-state index >= 15 is 0 Å². The Balaban J connectivity index is 1.57. The molecule has 0 spiro atoms. The van der Waals surface area contributed by atoms with Crippen LogP contribution in [-0.4, -0.2) is 11.0 Å². The smallest absolute Gasteiger partial charge is 0.129 e. The van der Waals surface area contributed by atoms with Crippen molar-refractivity contribution in [3.8, 4) is 0 Å². The van der Waals surface area contributed by atoms with Gasteiger partial charge in [0.15, 0.2) is 0 Å². The lowest BCUT2D eigenvalue weighted by Crippen LogP contribution is -2.34. The molecule has 4 heteroatoms. The van der Waals surface area contributed by atoms with E-state index < -0.39 is 0 Å². The maximum atomic E-state index is 5.77. The molecule has 0 atom stereocenters. The zero-order valence-electron chi connectivity index (χ0n) is 10.3. The van der Waals surface area contributed by atoms with Crippen LogP contribution in [0.3, 0.4) is 0 Å². The van der Waals surface area contributed by atoms with Crippen LogP contribution in [-0.2, 0) is 0 Å². The minimum atomic E-state index is 0.533. The minimum Gasteiger partial charge on any atom is -0.381 e. The van der Waals surface area contributed by atoms with Crippen LogP contribution in [0.15, 0.2) is 47.1 Å². The van der Waals surface area contributed by atoms with E-state index in [1.807, 2.05) is 12.1 Å². The molecule has 0 aliphatic heterocycles. The van der Waals surface area contributed by atoms with E-state index in [-0.39, 0.29) is 0 Å². The van der Waals surface area contributed by atoms with Gasteiger partial charge in [0.1, 0.15) is 5.15 Å². The van der Waals surface area contributed by atoms with Gasteiger partial charge in [-0.25, -0.2) is 4.98 Å². The van der Waals surface area contributed by atoms with Crippen molar-refractivity contribution in [2.45, 2.75) is 24.8 Å². The van der Waals surface area contributed by atoms with Crippen molar-refractivity contribution in [1.82, 2.24) is 4.98 Å². The normalized spacial score (nSPS) is 21.8. The predicted octanol–water partition coefficient (Wildman–Crippen LogP) is 4.86. The number of pyridine rings is 1. The fraction of sp³-hybridized carbons (Fsp3) is 0.267. The molecule has 2 aromatic rings. The van der Waals surface area contributed by atoms with Crippen LogP contribution in [0, 0.1) is 0 Å². The molecule has 0 saturated heterocycles. The molecule has 1 N–H and O–H groups in total. The molecule has 0 bridgehead atoms. The van der Waals surface area contributed by atoms with Crippen molar-refractivity contribution in [2.24, 2.45) is 0 Å². The van der Waals surface area contributed by atoms with Crippen molar-refractivity contribution in [1.29, 1.82) is 0 Å². The number of hydrogen-bond acceptors (Lipinski definition) is 2. The summed E-state index contributed by atoms with van der Waals surface area (Å²) >= 11 is 9.29. The summed E-state index contributed by atoms with van der Waals surface area (Å²) in [6, 6.07) is 12.9. The summed E-state index contributed by atoms with van der Waals surface area (Å²) in [5.74, 6) is 0.662. The highest BCUT2D eigenvalue weighted by atomic mass is 79.9. The Morgan fingerprint density at radius 2 is 2.05 bits per heavy atom. The lowest BCUT2D eigenvalue weighted by atomic mass is 9.76. The van der Waals surface area contributed by atoms with Crippen molar-refractivity contribution < 1.29 is 0 Å². The zero-order chi connectivity index (χ0) is 13.2. The van der Waals surface area contributed by atoms with Crippen LogP contribution in [0.5, 0.6) is 0 Å². The van der Waals surface area contributed by atoms with Gasteiger partial charge >= 0.3 is 0 Å². The molecule has 0 amide bonds. The molecule has 19 heavy (non-hydrogen) atoms. The summed E-state index contributed by atoms with van der Waals surface area (Å²) in [7, 11) is 0. The number of anilines is 1. The monoisotopic (exact) mass is 336 g/mol. The largest absolute Gasteiger partial charge is 0.381 e. The molecule has 1 aliphatic carbocycles. The Hall–Kier alpha value is -1.06. The van der Waals surface area contributed by atoms with E-state index in [1.54, 1.807) is 6.20 Å². The van der Waals surface area contributed by atoms with Gasteiger partial charge in [-0.15, -0.1) is 0 Å². The molecule has 1 aromatic heterocycles. The first-order valence-electron chi connectivity index (χ1n) is 6.34. The average Bonchev–Trinajstić information content (AvgIpc) is 2.35. The van der Waals surface area contributed by atoms with Gasteiger partial charge in [-0.1, -0.05) is 39.7 Å². The van der Waals surface area contributed by atoms with Gasteiger partial charge in [0, 0.05) is 10.5 Å². The van der Waals surface area contributed by atoms with Gasteiger partial charge < -0.3 is 5.32 Å². The molecule has 1 heterocycles. The second-order valence-electron chi connectivity index (χ2n) is 4.93. The summed E-state index contributed by atoms with van der Waals surface area (Å²) < 4.78 is 1.16. The minimum absolute atomic E-state index is 0.533. The fourth-order valence-electron chi connectivity index (χ4n) is 2.47. The molecular weight excluding hydrogens is 324 g/mol. The Kier molecular flexibility index (Phi) is 3.76. The lowest BCUT2D eigenvalue weighted by Gasteiger charge is -2.36. The Morgan fingerprint density at radius 3 is 2.74 bits per heavy atom. The van der Waals surface area contributed by atoms with Crippen LogP contribution in [0.25, 0.3) is 0 Å². The van der Waals surface area contributed by atoms with Crippen LogP contribution < -0.4 is 5.32 Å². The van der Waals surface area contributed by atoms with Crippen LogP contribution in [0.4, 0.5) is 5.69 Å². The third kappa shape index (κ3) is 3.10. The van der Waals surface area contributed by atoms with Crippen molar-refractivity contribution in [3.63, 3.8) is 0 Å². The third-order valence-corrected chi connectivity index (χ3v) is 4.27. The first-order chi connectivity index (χ1) is 9.20. The molecule has 0 radical (unpaired) electrons. The number of aromatic nitrogens is 1. The predicted molar refractivity (Wildman–Crippen MR) is 82.8 cm³/mol. The second-order valence-corrected chi connectivity index (χ2v) is 6.24. The van der Waals surface area contributed by atoms with Gasteiger partial charge in [0.25, 0.3) is 0 Å². The molecule has 2 nitrogen and oxygen atoms in total. The van der Waals surface area contributed by atoms with Crippen LogP contribution in [0.1, 0.15) is 24.3 Å². The molecular formula is C15H14BrClN2.